The molecule has 23 heavy (non-hydrogen) atoms. The van der Waals surface area contributed by atoms with Gasteiger partial charge in [0, 0.05) is 21.7 Å². The maximum Gasteiger partial charge on any atom is 0.340 e. The van der Waals surface area contributed by atoms with Crippen molar-refractivity contribution < 1.29 is 14.3 Å². The maximum atomic E-state index is 11.9. The Kier molecular flexibility index (Phi) is 6.01. The Morgan fingerprint density at radius 3 is 2.74 bits per heavy atom. The van der Waals surface area contributed by atoms with Crippen LogP contribution in [0.4, 0.5) is 5.69 Å². The number of carbonyl (C=O) groups is 2. The lowest BCUT2D eigenvalue weighted by Crippen LogP contribution is -2.28. The molecule has 120 valence electrons. The number of nitrogens with two attached hydrogens (primary N) is 1. The summed E-state index contributed by atoms with van der Waals surface area (Å²) in [6, 6.07) is 12.0. The first-order chi connectivity index (χ1) is 11.0. The molecule has 2 aromatic rings. The number of amides is 1. The van der Waals surface area contributed by atoms with Crippen LogP contribution in [0.3, 0.4) is 0 Å². The van der Waals surface area contributed by atoms with Crippen molar-refractivity contribution in [2.45, 2.75) is 6.54 Å². The summed E-state index contributed by atoms with van der Waals surface area (Å²) in [5.41, 5.74) is 7.07. The molecule has 0 aliphatic heterocycles. The molecular formula is C16H14BrClN2O3. The van der Waals surface area contributed by atoms with Gasteiger partial charge in [0.25, 0.3) is 5.91 Å². The van der Waals surface area contributed by atoms with Crippen LogP contribution in [0.5, 0.6) is 0 Å². The molecule has 0 atom stereocenters. The maximum absolute atomic E-state index is 11.9. The molecule has 2 aromatic carbocycles. The SMILES string of the molecule is Nc1ccc(Br)cc1C(=O)OCC(=O)NCc1cccc(Cl)c1. The topological polar surface area (TPSA) is 81.4 Å². The van der Waals surface area contributed by atoms with E-state index >= 15 is 0 Å². The third kappa shape index (κ3) is 5.26. The van der Waals surface area contributed by atoms with Gasteiger partial charge in [-0.2, -0.15) is 0 Å². The minimum atomic E-state index is -0.651. The molecule has 0 saturated heterocycles. The number of anilines is 1. The number of ether oxygens (including phenoxy) is 1. The Morgan fingerprint density at radius 1 is 1.22 bits per heavy atom. The Hall–Kier alpha value is -2.05. The molecule has 0 bridgehead atoms. The number of benzene rings is 2. The molecule has 7 heteroatoms. The van der Waals surface area contributed by atoms with Crippen LogP contribution in [-0.2, 0) is 16.1 Å². The largest absolute Gasteiger partial charge is 0.452 e. The van der Waals surface area contributed by atoms with E-state index in [0.29, 0.717) is 16.0 Å². The summed E-state index contributed by atoms with van der Waals surface area (Å²) in [5, 5.41) is 3.23. The van der Waals surface area contributed by atoms with Gasteiger partial charge in [-0.1, -0.05) is 39.7 Å². The Morgan fingerprint density at radius 2 is 2.00 bits per heavy atom. The van der Waals surface area contributed by atoms with Gasteiger partial charge in [-0.15, -0.1) is 0 Å². The van der Waals surface area contributed by atoms with Crippen molar-refractivity contribution >= 4 is 45.1 Å². The number of hydrogen-bond donors (Lipinski definition) is 2. The third-order valence-electron chi connectivity index (χ3n) is 2.95. The van der Waals surface area contributed by atoms with E-state index in [9.17, 15) is 9.59 Å². The van der Waals surface area contributed by atoms with E-state index in [1.807, 2.05) is 6.07 Å². The molecule has 0 unspecified atom stereocenters. The van der Waals surface area contributed by atoms with Crippen molar-refractivity contribution in [1.29, 1.82) is 0 Å². The first kappa shape index (κ1) is 17.3. The normalized spacial score (nSPS) is 10.2. The summed E-state index contributed by atoms with van der Waals surface area (Å²) in [7, 11) is 0. The number of esters is 1. The number of rotatable bonds is 5. The van der Waals surface area contributed by atoms with Gasteiger partial charge in [0.1, 0.15) is 0 Å². The van der Waals surface area contributed by atoms with Gasteiger partial charge < -0.3 is 15.8 Å². The molecule has 0 aliphatic carbocycles. The van der Waals surface area contributed by atoms with Crippen LogP contribution in [0, 0.1) is 0 Å². The van der Waals surface area contributed by atoms with Gasteiger partial charge >= 0.3 is 5.97 Å². The monoisotopic (exact) mass is 396 g/mol. The van der Waals surface area contributed by atoms with Crippen molar-refractivity contribution in [3.63, 3.8) is 0 Å². The summed E-state index contributed by atoms with van der Waals surface area (Å²) in [4.78, 5) is 23.6. The lowest BCUT2D eigenvalue weighted by Gasteiger charge is -2.08. The van der Waals surface area contributed by atoms with Crippen LogP contribution in [0.25, 0.3) is 0 Å². The fraction of sp³-hybridized carbons (Fsp3) is 0.125. The van der Waals surface area contributed by atoms with Crippen LogP contribution in [0.2, 0.25) is 5.02 Å². The van der Waals surface area contributed by atoms with Crippen LogP contribution >= 0.6 is 27.5 Å². The van der Waals surface area contributed by atoms with E-state index in [1.165, 1.54) is 0 Å². The minimum absolute atomic E-state index is 0.210. The zero-order valence-corrected chi connectivity index (χ0v) is 14.4. The average Bonchev–Trinajstić information content (AvgIpc) is 2.53. The third-order valence-corrected chi connectivity index (χ3v) is 3.68. The average molecular weight is 398 g/mol. The molecule has 3 N–H and O–H groups in total. The highest BCUT2D eigenvalue weighted by atomic mass is 79.9. The Bertz CT molecular complexity index is 737. The summed E-state index contributed by atoms with van der Waals surface area (Å²) in [5.74, 6) is -1.06. The highest BCUT2D eigenvalue weighted by Gasteiger charge is 2.13. The van der Waals surface area contributed by atoms with E-state index in [-0.39, 0.29) is 17.9 Å². The zero-order chi connectivity index (χ0) is 16.8. The van der Waals surface area contributed by atoms with Crippen molar-refractivity contribution in [3.05, 3.63) is 63.1 Å². The fourth-order valence-electron chi connectivity index (χ4n) is 1.81. The van der Waals surface area contributed by atoms with Crippen LogP contribution in [-0.4, -0.2) is 18.5 Å². The van der Waals surface area contributed by atoms with E-state index < -0.39 is 11.9 Å². The van der Waals surface area contributed by atoms with Gasteiger partial charge in [-0.25, -0.2) is 4.79 Å². The molecule has 5 nitrogen and oxygen atoms in total. The van der Waals surface area contributed by atoms with Gasteiger partial charge in [0.05, 0.1) is 5.56 Å². The van der Waals surface area contributed by atoms with Gasteiger partial charge in [0.15, 0.2) is 6.61 Å². The number of carbonyl (C=O) groups excluding carboxylic acids is 2. The molecule has 0 aromatic heterocycles. The molecule has 0 fully saturated rings. The molecule has 0 aliphatic rings. The van der Waals surface area contributed by atoms with E-state index in [1.54, 1.807) is 36.4 Å². The van der Waals surface area contributed by atoms with Crippen molar-refractivity contribution in [3.8, 4) is 0 Å². The Balaban J connectivity index is 1.84. The molecule has 0 saturated carbocycles. The first-order valence-corrected chi connectivity index (χ1v) is 7.86. The van der Waals surface area contributed by atoms with Crippen molar-refractivity contribution in [1.82, 2.24) is 5.32 Å². The van der Waals surface area contributed by atoms with E-state index in [2.05, 4.69) is 21.2 Å². The lowest BCUT2D eigenvalue weighted by molar-refractivity contribution is -0.124. The zero-order valence-electron chi connectivity index (χ0n) is 12.0. The smallest absolute Gasteiger partial charge is 0.340 e. The summed E-state index contributed by atoms with van der Waals surface area (Å²) >= 11 is 9.11. The summed E-state index contributed by atoms with van der Waals surface area (Å²) in [6.45, 7) is -0.0820. The second-order valence-electron chi connectivity index (χ2n) is 4.71. The number of halogens is 2. The molecule has 0 spiro atoms. The van der Waals surface area contributed by atoms with Gasteiger partial charge in [0.2, 0.25) is 0 Å². The van der Waals surface area contributed by atoms with Gasteiger partial charge in [-0.05, 0) is 35.9 Å². The quantitative estimate of drug-likeness (QED) is 0.600. The fourth-order valence-corrected chi connectivity index (χ4v) is 2.39. The second kappa shape index (κ2) is 7.99. The lowest BCUT2D eigenvalue weighted by atomic mass is 10.2. The summed E-state index contributed by atoms with van der Waals surface area (Å²) < 4.78 is 5.66. The predicted molar refractivity (Wildman–Crippen MR) is 92.1 cm³/mol. The second-order valence-corrected chi connectivity index (χ2v) is 6.07. The molecule has 1 amide bonds. The highest BCUT2D eigenvalue weighted by molar-refractivity contribution is 9.10. The number of nitrogen functional groups attached to an aromatic ring is 1. The van der Waals surface area contributed by atoms with Crippen molar-refractivity contribution in [2.24, 2.45) is 0 Å². The van der Waals surface area contributed by atoms with Gasteiger partial charge in [-0.3, -0.25) is 4.79 Å². The first-order valence-electron chi connectivity index (χ1n) is 6.69. The molecular weight excluding hydrogens is 384 g/mol. The summed E-state index contributed by atoms with van der Waals surface area (Å²) in [6.07, 6.45) is 0. The predicted octanol–water partition coefficient (Wildman–Crippen LogP) is 3.16. The van der Waals surface area contributed by atoms with Crippen LogP contribution in [0.15, 0.2) is 46.9 Å². The van der Waals surface area contributed by atoms with Crippen LogP contribution < -0.4 is 11.1 Å². The van der Waals surface area contributed by atoms with E-state index in [0.717, 1.165) is 5.56 Å². The van der Waals surface area contributed by atoms with E-state index in [4.69, 9.17) is 22.1 Å². The number of nitrogens with one attached hydrogen (secondary N) is 1. The van der Waals surface area contributed by atoms with Crippen LogP contribution in [0.1, 0.15) is 15.9 Å². The molecule has 2 rings (SSSR count). The Labute approximate surface area is 146 Å². The van der Waals surface area contributed by atoms with Crippen molar-refractivity contribution in [2.75, 3.05) is 12.3 Å². The standard InChI is InChI=1S/C16H14BrClN2O3/c17-11-4-5-14(19)13(7-11)16(22)23-9-15(21)20-8-10-2-1-3-12(18)6-10/h1-7H,8-9,19H2,(H,20,21). The molecule has 0 heterocycles. The minimum Gasteiger partial charge on any atom is -0.452 e. The number of hydrogen-bond acceptors (Lipinski definition) is 4. The highest BCUT2D eigenvalue weighted by Crippen LogP contribution is 2.19. The molecule has 0 radical (unpaired) electrons.